The van der Waals surface area contributed by atoms with Gasteiger partial charge in [-0.15, -0.1) is 0 Å². The van der Waals surface area contributed by atoms with Crippen LogP contribution in [0, 0.1) is 0 Å². The fraction of sp³-hybridized carbons (Fsp3) is 0.538. The van der Waals surface area contributed by atoms with E-state index in [0.717, 1.165) is 5.02 Å². The molecule has 0 amide bonds. The summed E-state index contributed by atoms with van der Waals surface area (Å²) in [5.41, 5.74) is 3.93. The Morgan fingerprint density at radius 2 is 1.21 bits per heavy atom. The molecule has 0 bridgehead atoms. The molecule has 1 unspecified atom stereocenters. The van der Waals surface area contributed by atoms with Crippen molar-refractivity contribution in [1.82, 2.24) is 4.90 Å². The minimum absolute atomic E-state index is 0.596. The number of nitrogens with zero attached hydrogens (tertiary/aromatic N) is 1. The van der Waals surface area contributed by atoms with Gasteiger partial charge in [-0.2, -0.15) is 0 Å². The van der Waals surface area contributed by atoms with Crippen molar-refractivity contribution in [3.05, 3.63) is 59.1 Å². The number of hydrogen-bond acceptors (Lipinski definition) is 1. The highest BCUT2D eigenvalue weighted by atomic mass is 35.5. The number of halogens is 1. The Kier molecular flexibility index (Phi) is 10.7. The average molecular weight is 400 g/mol. The SMILES string of the molecule is CCCCCN(CCCCC)CCC(C)c1ccc(-c2ccc(Cl)cc2)cc1. The van der Waals surface area contributed by atoms with Crippen LogP contribution in [0.3, 0.4) is 0 Å². The molecule has 0 heterocycles. The molecule has 0 aliphatic carbocycles. The Morgan fingerprint density at radius 3 is 1.71 bits per heavy atom. The van der Waals surface area contributed by atoms with Gasteiger partial charge in [0.05, 0.1) is 0 Å². The van der Waals surface area contributed by atoms with Crippen LogP contribution in [0.1, 0.15) is 77.2 Å². The Morgan fingerprint density at radius 1 is 0.714 bits per heavy atom. The van der Waals surface area contributed by atoms with E-state index in [9.17, 15) is 0 Å². The van der Waals surface area contributed by atoms with Crippen LogP contribution in [-0.4, -0.2) is 24.5 Å². The third-order valence-corrected chi connectivity index (χ3v) is 5.94. The van der Waals surface area contributed by atoms with E-state index in [1.807, 2.05) is 12.1 Å². The molecule has 28 heavy (non-hydrogen) atoms. The van der Waals surface area contributed by atoms with Gasteiger partial charge in [0.2, 0.25) is 0 Å². The van der Waals surface area contributed by atoms with E-state index in [1.165, 1.54) is 81.3 Å². The highest BCUT2D eigenvalue weighted by molar-refractivity contribution is 6.30. The minimum Gasteiger partial charge on any atom is -0.303 e. The number of unbranched alkanes of at least 4 members (excludes halogenated alkanes) is 4. The third kappa shape index (κ3) is 7.97. The zero-order chi connectivity index (χ0) is 20.2. The Bertz CT molecular complexity index is 637. The molecular weight excluding hydrogens is 362 g/mol. The highest BCUT2D eigenvalue weighted by Crippen LogP contribution is 2.25. The monoisotopic (exact) mass is 399 g/mol. The second kappa shape index (κ2) is 13.0. The Hall–Kier alpha value is -1.31. The van der Waals surface area contributed by atoms with Crippen molar-refractivity contribution in [3.8, 4) is 11.1 Å². The molecule has 154 valence electrons. The van der Waals surface area contributed by atoms with Gasteiger partial charge in [-0.3, -0.25) is 0 Å². The fourth-order valence-corrected chi connectivity index (χ4v) is 3.82. The van der Waals surface area contributed by atoms with E-state index in [-0.39, 0.29) is 0 Å². The first-order valence-electron chi connectivity index (χ1n) is 11.2. The van der Waals surface area contributed by atoms with E-state index >= 15 is 0 Å². The Balaban J connectivity index is 1.88. The number of hydrogen-bond donors (Lipinski definition) is 0. The zero-order valence-electron chi connectivity index (χ0n) is 18.1. The smallest absolute Gasteiger partial charge is 0.0406 e. The van der Waals surface area contributed by atoms with Gasteiger partial charge in [0.15, 0.2) is 0 Å². The van der Waals surface area contributed by atoms with Crippen LogP contribution in [0.5, 0.6) is 0 Å². The molecule has 0 aliphatic rings. The summed E-state index contributed by atoms with van der Waals surface area (Å²) in [6.07, 6.45) is 9.23. The van der Waals surface area contributed by atoms with Crippen molar-refractivity contribution in [2.24, 2.45) is 0 Å². The predicted octanol–water partition coefficient (Wildman–Crippen LogP) is 8.18. The molecule has 0 radical (unpaired) electrons. The minimum atomic E-state index is 0.596. The quantitative estimate of drug-likeness (QED) is 0.307. The first-order chi connectivity index (χ1) is 13.6. The second-order valence-electron chi connectivity index (χ2n) is 8.07. The first kappa shape index (κ1) is 23.0. The maximum Gasteiger partial charge on any atom is 0.0406 e. The van der Waals surface area contributed by atoms with Crippen molar-refractivity contribution in [1.29, 1.82) is 0 Å². The van der Waals surface area contributed by atoms with Gasteiger partial charge in [0.1, 0.15) is 0 Å². The summed E-state index contributed by atoms with van der Waals surface area (Å²) in [4.78, 5) is 2.70. The van der Waals surface area contributed by atoms with Crippen LogP contribution in [-0.2, 0) is 0 Å². The van der Waals surface area contributed by atoms with Crippen molar-refractivity contribution in [2.45, 2.75) is 71.6 Å². The van der Waals surface area contributed by atoms with Gasteiger partial charge >= 0.3 is 0 Å². The fourth-order valence-electron chi connectivity index (χ4n) is 3.70. The summed E-state index contributed by atoms with van der Waals surface area (Å²) in [5, 5.41) is 0.788. The van der Waals surface area contributed by atoms with E-state index < -0.39 is 0 Å². The molecule has 2 aromatic rings. The molecule has 0 spiro atoms. The summed E-state index contributed by atoms with van der Waals surface area (Å²) in [5.74, 6) is 0.596. The normalized spacial score (nSPS) is 12.5. The molecule has 0 aromatic heterocycles. The topological polar surface area (TPSA) is 3.24 Å². The van der Waals surface area contributed by atoms with Crippen molar-refractivity contribution in [3.63, 3.8) is 0 Å². The largest absolute Gasteiger partial charge is 0.303 e. The predicted molar refractivity (Wildman–Crippen MR) is 125 cm³/mol. The molecule has 2 rings (SSSR count). The summed E-state index contributed by atoms with van der Waals surface area (Å²) in [6.45, 7) is 10.7. The average Bonchev–Trinajstić information content (AvgIpc) is 2.72. The van der Waals surface area contributed by atoms with E-state index in [4.69, 9.17) is 11.6 Å². The summed E-state index contributed by atoms with van der Waals surface area (Å²) >= 11 is 6.00. The van der Waals surface area contributed by atoms with Gasteiger partial charge in [0.25, 0.3) is 0 Å². The molecule has 1 nitrogen and oxygen atoms in total. The Labute approximate surface area is 178 Å². The first-order valence-corrected chi connectivity index (χ1v) is 11.6. The molecule has 0 saturated heterocycles. The van der Waals surface area contributed by atoms with Crippen molar-refractivity contribution < 1.29 is 0 Å². The second-order valence-corrected chi connectivity index (χ2v) is 8.51. The number of rotatable bonds is 13. The molecule has 2 heteroatoms. The van der Waals surface area contributed by atoms with Gasteiger partial charge in [-0.25, -0.2) is 0 Å². The van der Waals surface area contributed by atoms with Gasteiger partial charge in [-0.1, -0.05) is 94.5 Å². The maximum atomic E-state index is 6.00. The van der Waals surface area contributed by atoms with Crippen LogP contribution in [0.25, 0.3) is 11.1 Å². The lowest BCUT2D eigenvalue weighted by molar-refractivity contribution is 0.253. The van der Waals surface area contributed by atoms with Crippen LogP contribution in [0.4, 0.5) is 0 Å². The molecule has 2 aromatic carbocycles. The van der Waals surface area contributed by atoms with Gasteiger partial charge in [-0.05, 0) is 73.6 Å². The summed E-state index contributed by atoms with van der Waals surface area (Å²) < 4.78 is 0. The zero-order valence-corrected chi connectivity index (χ0v) is 18.8. The molecule has 0 fully saturated rings. The van der Waals surface area contributed by atoms with E-state index in [2.05, 4.69) is 62.1 Å². The van der Waals surface area contributed by atoms with E-state index in [1.54, 1.807) is 0 Å². The lowest BCUT2D eigenvalue weighted by atomic mass is 9.95. The molecule has 0 N–H and O–H groups in total. The van der Waals surface area contributed by atoms with Crippen molar-refractivity contribution >= 4 is 11.6 Å². The van der Waals surface area contributed by atoms with Gasteiger partial charge in [0, 0.05) is 5.02 Å². The standard InChI is InChI=1S/C26H38ClN/c1-4-6-8-19-28(20-9-7-5-2)21-18-22(3)23-10-12-24(13-11-23)25-14-16-26(27)17-15-25/h10-17,22H,4-9,18-21H2,1-3H3. The highest BCUT2D eigenvalue weighted by Gasteiger charge is 2.10. The van der Waals surface area contributed by atoms with Crippen LogP contribution in [0.2, 0.25) is 5.02 Å². The van der Waals surface area contributed by atoms with Crippen LogP contribution < -0.4 is 0 Å². The molecule has 0 aliphatic heterocycles. The van der Waals surface area contributed by atoms with E-state index in [0.29, 0.717) is 5.92 Å². The molecule has 0 saturated carbocycles. The lowest BCUT2D eigenvalue weighted by Crippen LogP contribution is -2.28. The lowest BCUT2D eigenvalue weighted by Gasteiger charge is -2.24. The maximum absolute atomic E-state index is 6.00. The van der Waals surface area contributed by atoms with Gasteiger partial charge < -0.3 is 4.90 Å². The molecular formula is C26H38ClN. The summed E-state index contributed by atoms with van der Waals surface area (Å²) in [6, 6.07) is 17.2. The van der Waals surface area contributed by atoms with Crippen molar-refractivity contribution in [2.75, 3.05) is 19.6 Å². The van der Waals surface area contributed by atoms with Crippen LogP contribution >= 0.6 is 11.6 Å². The molecule has 1 atom stereocenters. The van der Waals surface area contributed by atoms with Crippen LogP contribution in [0.15, 0.2) is 48.5 Å². The summed E-state index contributed by atoms with van der Waals surface area (Å²) in [7, 11) is 0. The third-order valence-electron chi connectivity index (χ3n) is 5.69. The number of benzene rings is 2.